The summed E-state index contributed by atoms with van der Waals surface area (Å²) in [5, 5.41) is 11.4. The van der Waals surface area contributed by atoms with Gasteiger partial charge in [0.2, 0.25) is 15.9 Å². The number of benzene rings is 1. The molecule has 1 aromatic carbocycles. The van der Waals surface area contributed by atoms with E-state index >= 15 is 0 Å². The minimum Gasteiger partial charge on any atom is -0.481 e. The summed E-state index contributed by atoms with van der Waals surface area (Å²) in [5.74, 6) is -1.88. The third-order valence-corrected chi connectivity index (χ3v) is 5.48. The van der Waals surface area contributed by atoms with Gasteiger partial charge in [0.25, 0.3) is 0 Å². The molecule has 1 atom stereocenters. The van der Waals surface area contributed by atoms with Crippen LogP contribution in [0.2, 0.25) is 5.02 Å². The van der Waals surface area contributed by atoms with Crippen LogP contribution in [-0.4, -0.2) is 48.8 Å². The number of nitrogens with zero attached hydrogens (tertiary/aromatic N) is 1. The van der Waals surface area contributed by atoms with Crippen LogP contribution in [-0.2, 0) is 19.6 Å². The molecular weight excluding hydrogens is 320 g/mol. The van der Waals surface area contributed by atoms with E-state index in [1.165, 1.54) is 18.2 Å². The zero-order valence-electron chi connectivity index (χ0n) is 10.8. The number of carbonyl (C=O) groups excluding carboxylic acids is 1. The molecule has 1 heterocycles. The normalized spacial score (nSPS) is 20.0. The molecule has 0 aliphatic carbocycles. The standard InChI is InChI=1S/C12H13ClN2O5S/c13-8-3-1-2-4-10(8)21(19,20)15-6-5-14-12(18)9(15)7-11(16)17/h1-4,9H,5-7H2,(H,14,18)(H,16,17). The van der Waals surface area contributed by atoms with Gasteiger partial charge in [-0.05, 0) is 12.1 Å². The number of sulfonamides is 1. The molecule has 1 fully saturated rings. The van der Waals surface area contributed by atoms with E-state index in [-0.39, 0.29) is 23.0 Å². The highest BCUT2D eigenvalue weighted by molar-refractivity contribution is 7.89. The third-order valence-electron chi connectivity index (χ3n) is 3.07. The highest BCUT2D eigenvalue weighted by Crippen LogP contribution is 2.27. The zero-order valence-corrected chi connectivity index (χ0v) is 12.4. The van der Waals surface area contributed by atoms with Gasteiger partial charge in [0.1, 0.15) is 10.9 Å². The van der Waals surface area contributed by atoms with Crippen molar-refractivity contribution in [2.24, 2.45) is 0 Å². The highest BCUT2D eigenvalue weighted by Gasteiger charge is 2.40. The van der Waals surface area contributed by atoms with Gasteiger partial charge in [0, 0.05) is 13.1 Å². The van der Waals surface area contributed by atoms with Crippen LogP contribution in [0.5, 0.6) is 0 Å². The maximum absolute atomic E-state index is 12.6. The van der Waals surface area contributed by atoms with E-state index < -0.39 is 34.4 Å². The molecular formula is C12H13ClN2O5S. The van der Waals surface area contributed by atoms with Gasteiger partial charge in [0.15, 0.2) is 0 Å². The molecule has 2 N–H and O–H groups in total. The number of piperazine rings is 1. The molecule has 1 aliphatic rings. The Bertz CT molecular complexity index is 676. The number of hydrogen-bond donors (Lipinski definition) is 2. The van der Waals surface area contributed by atoms with Crippen molar-refractivity contribution >= 4 is 33.5 Å². The van der Waals surface area contributed by atoms with Gasteiger partial charge in [-0.2, -0.15) is 4.31 Å². The van der Waals surface area contributed by atoms with Crippen molar-refractivity contribution < 1.29 is 23.1 Å². The Morgan fingerprint density at radius 2 is 2.10 bits per heavy atom. The molecule has 0 radical (unpaired) electrons. The Morgan fingerprint density at radius 3 is 2.71 bits per heavy atom. The minimum absolute atomic E-state index is 0.00273. The molecule has 9 heteroatoms. The summed E-state index contributed by atoms with van der Waals surface area (Å²) in [7, 11) is -4.04. The summed E-state index contributed by atoms with van der Waals surface area (Å²) in [6, 6.07) is 4.55. The quantitative estimate of drug-likeness (QED) is 0.825. The average molecular weight is 333 g/mol. The van der Waals surface area contributed by atoms with Crippen molar-refractivity contribution in [1.82, 2.24) is 9.62 Å². The number of amides is 1. The lowest BCUT2D eigenvalue weighted by molar-refractivity contribution is -0.141. The fourth-order valence-electron chi connectivity index (χ4n) is 2.12. The van der Waals surface area contributed by atoms with E-state index in [2.05, 4.69) is 5.32 Å². The highest BCUT2D eigenvalue weighted by atomic mass is 35.5. The Hall–Kier alpha value is -1.64. The molecule has 7 nitrogen and oxygen atoms in total. The van der Waals surface area contributed by atoms with Crippen molar-refractivity contribution in [3.8, 4) is 0 Å². The Kier molecular flexibility index (Phi) is 4.50. The Labute approximate surface area is 126 Å². The molecule has 21 heavy (non-hydrogen) atoms. The Morgan fingerprint density at radius 1 is 1.43 bits per heavy atom. The van der Waals surface area contributed by atoms with Gasteiger partial charge in [-0.25, -0.2) is 8.42 Å². The second-order valence-electron chi connectivity index (χ2n) is 4.45. The summed E-state index contributed by atoms with van der Waals surface area (Å²) in [5.41, 5.74) is 0. The smallest absolute Gasteiger partial charge is 0.305 e. The van der Waals surface area contributed by atoms with E-state index in [0.29, 0.717) is 0 Å². The number of carbonyl (C=O) groups is 2. The number of aliphatic carboxylic acids is 1. The molecule has 2 rings (SSSR count). The first kappa shape index (κ1) is 15.7. The molecule has 0 saturated carbocycles. The topological polar surface area (TPSA) is 104 Å². The van der Waals surface area contributed by atoms with Gasteiger partial charge in [-0.1, -0.05) is 23.7 Å². The lowest BCUT2D eigenvalue weighted by Crippen LogP contribution is -2.57. The number of rotatable bonds is 4. The molecule has 0 aromatic heterocycles. The van der Waals surface area contributed by atoms with E-state index in [1.807, 2.05) is 0 Å². The van der Waals surface area contributed by atoms with Crippen molar-refractivity contribution in [3.63, 3.8) is 0 Å². The summed E-state index contributed by atoms with van der Waals surface area (Å²) >= 11 is 5.90. The summed E-state index contributed by atoms with van der Waals surface area (Å²) in [4.78, 5) is 22.5. The number of hydrogen-bond acceptors (Lipinski definition) is 4. The van der Waals surface area contributed by atoms with Gasteiger partial charge >= 0.3 is 5.97 Å². The van der Waals surface area contributed by atoms with Crippen molar-refractivity contribution in [1.29, 1.82) is 0 Å². The zero-order chi connectivity index (χ0) is 15.6. The van der Waals surface area contributed by atoms with Crippen LogP contribution >= 0.6 is 11.6 Å². The lowest BCUT2D eigenvalue weighted by Gasteiger charge is -2.33. The number of halogens is 1. The maximum atomic E-state index is 12.6. The molecule has 1 saturated heterocycles. The van der Waals surface area contributed by atoms with Crippen LogP contribution < -0.4 is 5.32 Å². The largest absolute Gasteiger partial charge is 0.481 e. The van der Waals surface area contributed by atoms with Crippen molar-refractivity contribution in [2.75, 3.05) is 13.1 Å². The number of carboxylic acids is 1. The molecule has 1 amide bonds. The average Bonchev–Trinajstić information content (AvgIpc) is 2.40. The Balaban J connectivity index is 2.43. The second kappa shape index (κ2) is 6.00. The summed E-state index contributed by atoms with van der Waals surface area (Å²) in [6.45, 7) is 0.121. The lowest BCUT2D eigenvalue weighted by atomic mass is 10.1. The molecule has 1 unspecified atom stereocenters. The van der Waals surface area contributed by atoms with E-state index in [1.54, 1.807) is 6.07 Å². The SMILES string of the molecule is O=C(O)CC1C(=O)NCCN1S(=O)(=O)c1ccccc1Cl. The first-order chi connectivity index (χ1) is 9.84. The maximum Gasteiger partial charge on any atom is 0.305 e. The van der Waals surface area contributed by atoms with Crippen LogP contribution in [0.15, 0.2) is 29.2 Å². The third kappa shape index (κ3) is 3.17. The van der Waals surface area contributed by atoms with Crippen molar-refractivity contribution in [2.45, 2.75) is 17.4 Å². The molecule has 114 valence electrons. The second-order valence-corrected chi connectivity index (χ2v) is 6.72. The summed E-state index contributed by atoms with van der Waals surface area (Å²) < 4.78 is 26.1. The molecule has 1 aliphatic heterocycles. The van der Waals surface area contributed by atoms with Crippen LogP contribution in [0.25, 0.3) is 0 Å². The van der Waals surface area contributed by atoms with Crippen LogP contribution in [0.1, 0.15) is 6.42 Å². The fourth-order valence-corrected chi connectivity index (χ4v) is 4.20. The van der Waals surface area contributed by atoms with Crippen molar-refractivity contribution in [3.05, 3.63) is 29.3 Å². The molecule has 1 aromatic rings. The predicted octanol–water partition coefficient (Wildman–Crippen LogP) is 0.304. The van der Waals surface area contributed by atoms with Gasteiger partial charge < -0.3 is 10.4 Å². The van der Waals surface area contributed by atoms with Crippen LogP contribution in [0.3, 0.4) is 0 Å². The summed E-state index contributed by atoms with van der Waals surface area (Å²) in [6.07, 6.45) is -0.602. The van der Waals surface area contributed by atoms with E-state index in [4.69, 9.17) is 16.7 Å². The fraction of sp³-hybridized carbons (Fsp3) is 0.333. The van der Waals surface area contributed by atoms with Gasteiger partial charge in [-0.3, -0.25) is 9.59 Å². The first-order valence-corrected chi connectivity index (χ1v) is 7.91. The monoisotopic (exact) mass is 332 g/mol. The predicted molar refractivity (Wildman–Crippen MR) is 74.4 cm³/mol. The van der Waals surface area contributed by atoms with Crippen LogP contribution in [0, 0.1) is 0 Å². The van der Waals surface area contributed by atoms with Gasteiger partial charge in [0.05, 0.1) is 11.4 Å². The molecule has 0 spiro atoms. The van der Waals surface area contributed by atoms with Crippen LogP contribution in [0.4, 0.5) is 0 Å². The van der Waals surface area contributed by atoms with E-state index in [9.17, 15) is 18.0 Å². The molecule has 0 bridgehead atoms. The van der Waals surface area contributed by atoms with Gasteiger partial charge in [-0.15, -0.1) is 0 Å². The van der Waals surface area contributed by atoms with E-state index in [0.717, 1.165) is 4.31 Å². The number of carboxylic acid groups (broad SMARTS) is 1. The first-order valence-electron chi connectivity index (χ1n) is 6.10. The minimum atomic E-state index is -4.04. The number of nitrogens with one attached hydrogen (secondary N) is 1.